The van der Waals surface area contributed by atoms with E-state index >= 15 is 0 Å². The second-order valence-corrected chi connectivity index (χ2v) is 7.03. The van der Waals surface area contributed by atoms with Crippen LogP contribution in [0.2, 0.25) is 10.0 Å². The standard InChI is InChI=1S/C18H22Cl2N4/c1-21-17-9-13(15(20)11-23-17)18-14(19)7-8-16(24-18)22-10-12-5-3-2-4-6-12/h7-9,11-12H,2-6,10H2,1H3,(H,21,23)(H,22,24). The van der Waals surface area contributed by atoms with Gasteiger partial charge in [-0.25, -0.2) is 9.97 Å². The van der Waals surface area contributed by atoms with E-state index in [-0.39, 0.29) is 0 Å². The lowest BCUT2D eigenvalue weighted by molar-refractivity contribution is 0.373. The molecule has 0 aliphatic heterocycles. The average molecular weight is 365 g/mol. The van der Waals surface area contributed by atoms with Crippen LogP contribution in [-0.4, -0.2) is 23.6 Å². The van der Waals surface area contributed by atoms with Gasteiger partial charge in [-0.3, -0.25) is 0 Å². The maximum atomic E-state index is 6.36. The number of halogens is 2. The highest BCUT2D eigenvalue weighted by Gasteiger charge is 2.15. The van der Waals surface area contributed by atoms with Crippen molar-refractivity contribution in [2.75, 3.05) is 24.2 Å². The molecule has 0 aromatic carbocycles. The van der Waals surface area contributed by atoms with E-state index < -0.39 is 0 Å². The van der Waals surface area contributed by atoms with Crippen LogP contribution in [0.15, 0.2) is 24.4 Å². The molecule has 0 atom stereocenters. The Balaban J connectivity index is 1.81. The Kier molecular flexibility index (Phi) is 5.80. The summed E-state index contributed by atoms with van der Waals surface area (Å²) >= 11 is 12.7. The number of pyridine rings is 2. The molecule has 6 heteroatoms. The number of hydrogen-bond donors (Lipinski definition) is 2. The van der Waals surface area contributed by atoms with Crippen molar-refractivity contribution in [2.45, 2.75) is 32.1 Å². The zero-order valence-electron chi connectivity index (χ0n) is 13.8. The van der Waals surface area contributed by atoms with Gasteiger partial charge in [-0.1, -0.05) is 42.5 Å². The van der Waals surface area contributed by atoms with Crippen LogP contribution in [0.25, 0.3) is 11.3 Å². The summed E-state index contributed by atoms with van der Waals surface area (Å²) in [6.45, 7) is 0.958. The molecule has 2 heterocycles. The van der Waals surface area contributed by atoms with E-state index in [0.717, 1.165) is 29.7 Å². The van der Waals surface area contributed by atoms with E-state index in [2.05, 4.69) is 20.6 Å². The van der Waals surface area contributed by atoms with Crippen LogP contribution in [0.4, 0.5) is 11.6 Å². The van der Waals surface area contributed by atoms with Gasteiger partial charge < -0.3 is 10.6 Å². The Morgan fingerprint density at radius 1 is 1.08 bits per heavy atom. The molecule has 2 N–H and O–H groups in total. The molecule has 0 bridgehead atoms. The quantitative estimate of drug-likeness (QED) is 0.736. The van der Waals surface area contributed by atoms with Gasteiger partial charge in [0.25, 0.3) is 0 Å². The van der Waals surface area contributed by atoms with E-state index in [9.17, 15) is 0 Å². The van der Waals surface area contributed by atoms with Crippen LogP contribution >= 0.6 is 23.2 Å². The molecule has 2 aromatic heterocycles. The summed E-state index contributed by atoms with van der Waals surface area (Å²) in [6, 6.07) is 5.65. The molecule has 128 valence electrons. The van der Waals surface area contributed by atoms with Crippen LogP contribution < -0.4 is 10.6 Å². The third kappa shape index (κ3) is 4.11. The molecule has 0 amide bonds. The van der Waals surface area contributed by atoms with E-state index in [1.807, 2.05) is 25.2 Å². The molecule has 3 rings (SSSR count). The van der Waals surface area contributed by atoms with E-state index in [1.54, 1.807) is 6.20 Å². The lowest BCUT2D eigenvalue weighted by Gasteiger charge is -2.22. The van der Waals surface area contributed by atoms with Gasteiger partial charge in [-0.15, -0.1) is 0 Å². The van der Waals surface area contributed by atoms with Crippen LogP contribution in [0.3, 0.4) is 0 Å². The first-order valence-corrected chi connectivity index (χ1v) is 9.17. The zero-order valence-corrected chi connectivity index (χ0v) is 15.3. The molecule has 2 aromatic rings. The Hall–Kier alpha value is -1.52. The normalized spacial score (nSPS) is 15.3. The Bertz CT molecular complexity index is 699. The van der Waals surface area contributed by atoms with Crippen LogP contribution in [0, 0.1) is 5.92 Å². The van der Waals surface area contributed by atoms with Gasteiger partial charge in [0.15, 0.2) is 0 Å². The lowest BCUT2D eigenvalue weighted by atomic mass is 9.89. The lowest BCUT2D eigenvalue weighted by Crippen LogP contribution is -2.17. The van der Waals surface area contributed by atoms with Crippen molar-refractivity contribution >= 4 is 34.8 Å². The Morgan fingerprint density at radius 3 is 2.62 bits per heavy atom. The van der Waals surface area contributed by atoms with E-state index in [4.69, 9.17) is 23.2 Å². The van der Waals surface area contributed by atoms with Crippen LogP contribution in [-0.2, 0) is 0 Å². The molecule has 1 fully saturated rings. The van der Waals surface area contributed by atoms with Gasteiger partial charge in [-0.05, 0) is 37.0 Å². The minimum atomic E-state index is 0.535. The Labute approximate surface area is 153 Å². The summed E-state index contributed by atoms with van der Waals surface area (Å²) in [5, 5.41) is 7.58. The molecule has 0 unspecified atom stereocenters. The topological polar surface area (TPSA) is 49.8 Å². The number of nitrogens with one attached hydrogen (secondary N) is 2. The molecule has 1 aliphatic rings. The molecule has 0 spiro atoms. The number of anilines is 2. The molecule has 0 radical (unpaired) electrons. The molecule has 4 nitrogen and oxygen atoms in total. The predicted molar refractivity (Wildman–Crippen MR) is 102 cm³/mol. The third-order valence-corrected chi connectivity index (χ3v) is 5.12. The Morgan fingerprint density at radius 2 is 1.88 bits per heavy atom. The van der Waals surface area contributed by atoms with Gasteiger partial charge in [0, 0.05) is 25.4 Å². The second-order valence-electron chi connectivity index (χ2n) is 6.21. The molecule has 1 saturated carbocycles. The van der Waals surface area contributed by atoms with Crippen molar-refractivity contribution in [1.29, 1.82) is 0 Å². The van der Waals surface area contributed by atoms with Crippen LogP contribution in [0.1, 0.15) is 32.1 Å². The predicted octanol–water partition coefficient (Wildman–Crippen LogP) is 5.48. The van der Waals surface area contributed by atoms with Crippen LogP contribution in [0.5, 0.6) is 0 Å². The molecular formula is C18H22Cl2N4. The van der Waals surface area contributed by atoms with Crippen molar-refractivity contribution in [3.8, 4) is 11.3 Å². The van der Waals surface area contributed by atoms with Gasteiger partial charge in [-0.2, -0.15) is 0 Å². The fourth-order valence-corrected chi connectivity index (χ4v) is 3.53. The van der Waals surface area contributed by atoms with Crippen molar-refractivity contribution in [3.63, 3.8) is 0 Å². The SMILES string of the molecule is CNc1cc(-c2nc(NCC3CCCCC3)ccc2Cl)c(Cl)cn1. The summed E-state index contributed by atoms with van der Waals surface area (Å²) in [6.07, 6.45) is 8.26. The smallest absolute Gasteiger partial charge is 0.126 e. The fourth-order valence-electron chi connectivity index (χ4n) is 3.13. The van der Waals surface area contributed by atoms with Gasteiger partial charge in [0.1, 0.15) is 11.6 Å². The van der Waals surface area contributed by atoms with Crippen molar-refractivity contribution in [3.05, 3.63) is 34.4 Å². The first-order chi connectivity index (χ1) is 11.7. The van der Waals surface area contributed by atoms with Gasteiger partial charge in [0.05, 0.1) is 15.7 Å². The third-order valence-electron chi connectivity index (χ3n) is 4.51. The van der Waals surface area contributed by atoms with Crippen molar-refractivity contribution in [1.82, 2.24) is 9.97 Å². The molecule has 1 aliphatic carbocycles. The van der Waals surface area contributed by atoms with Gasteiger partial charge in [0.2, 0.25) is 0 Å². The maximum absolute atomic E-state index is 6.36. The first kappa shape index (κ1) is 17.3. The minimum Gasteiger partial charge on any atom is -0.373 e. The summed E-state index contributed by atoms with van der Waals surface area (Å²) < 4.78 is 0. The van der Waals surface area contributed by atoms with E-state index in [0.29, 0.717) is 15.7 Å². The summed E-state index contributed by atoms with van der Waals surface area (Å²) in [7, 11) is 1.82. The largest absolute Gasteiger partial charge is 0.373 e. The number of nitrogens with zero attached hydrogens (tertiary/aromatic N) is 2. The maximum Gasteiger partial charge on any atom is 0.126 e. The monoisotopic (exact) mass is 364 g/mol. The number of rotatable bonds is 5. The highest BCUT2D eigenvalue weighted by Crippen LogP contribution is 2.34. The van der Waals surface area contributed by atoms with Crippen molar-refractivity contribution < 1.29 is 0 Å². The summed E-state index contributed by atoms with van der Waals surface area (Å²) in [5.41, 5.74) is 1.46. The first-order valence-electron chi connectivity index (χ1n) is 8.41. The molecular weight excluding hydrogens is 343 g/mol. The highest BCUT2D eigenvalue weighted by molar-refractivity contribution is 6.36. The fraction of sp³-hybridized carbons (Fsp3) is 0.444. The summed E-state index contributed by atoms with van der Waals surface area (Å²) in [5.74, 6) is 2.30. The second kappa shape index (κ2) is 8.04. The minimum absolute atomic E-state index is 0.535. The molecule has 24 heavy (non-hydrogen) atoms. The zero-order chi connectivity index (χ0) is 16.9. The van der Waals surface area contributed by atoms with E-state index in [1.165, 1.54) is 32.1 Å². The van der Waals surface area contributed by atoms with Crippen molar-refractivity contribution in [2.24, 2.45) is 5.92 Å². The molecule has 0 saturated heterocycles. The van der Waals surface area contributed by atoms with Gasteiger partial charge >= 0.3 is 0 Å². The highest BCUT2D eigenvalue weighted by atomic mass is 35.5. The average Bonchev–Trinajstić information content (AvgIpc) is 2.62. The number of hydrogen-bond acceptors (Lipinski definition) is 4. The summed E-state index contributed by atoms with van der Waals surface area (Å²) in [4.78, 5) is 8.88. The number of aromatic nitrogens is 2.